The normalized spacial score (nSPS) is 14.8. The molecule has 3 rings (SSSR count). The Morgan fingerprint density at radius 1 is 1.00 bits per heavy atom. The van der Waals surface area contributed by atoms with E-state index in [2.05, 4.69) is 5.32 Å². The minimum atomic E-state index is -0.464. The first kappa shape index (κ1) is 17.8. The van der Waals surface area contributed by atoms with Crippen LogP contribution in [-0.4, -0.2) is 43.0 Å². The molecule has 0 aromatic heterocycles. The van der Waals surface area contributed by atoms with Crippen molar-refractivity contribution in [3.05, 3.63) is 77.2 Å². The molecule has 0 aliphatic carbocycles. The zero-order chi connectivity index (χ0) is 18.4. The van der Waals surface area contributed by atoms with Gasteiger partial charge in [0.1, 0.15) is 11.5 Å². The summed E-state index contributed by atoms with van der Waals surface area (Å²) in [6.07, 6.45) is 1.37. The molecular weight excluding hydrogens is 335 g/mol. The summed E-state index contributed by atoms with van der Waals surface area (Å²) in [6.45, 7) is 1.72. The van der Waals surface area contributed by atoms with E-state index in [1.54, 1.807) is 53.4 Å². The number of nitrogens with zero attached hydrogens (tertiary/aromatic N) is 1. The Morgan fingerprint density at radius 3 is 2.35 bits per heavy atom. The SMILES string of the molecule is O=C(NC(=Cc1ccccc1F)C(=O)N1CCOCC1)c1ccccc1. The van der Waals surface area contributed by atoms with Crippen LogP contribution in [0, 0.1) is 5.82 Å². The van der Waals surface area contributed by atoms with Crippen LogP contribution >= 0.6 is 0 Å². The van der Waals surface area contributed by atoms with E-state index in [9.17, 15) is 14.0 Å². The molecule has 0 bridgehead atoms. The first-order valence-corrected chi connectivity index (χ1v) is 8.35. The van der Waals surface area contributed by atoms with Crippen molar-refractivity contribution in [1.82, 2.24) is 10.2 Å². The van der Waals surface area contributed by atoms with E-state index in [1.165, 1.54) is 12.1 Å². The number of amides is 2. The highest BCUT2D eigenvalue weighted by atomic mass is 19.1. The van der Waals surface area contributed by atoms with Gasteiger partial charge in [-0.05, 0) is 24.3 Å². The van der Waals surface area contributed by atoms with Crippen LogP contribution in [0.2, 0.25) is 0 Å². The molecule has 5 nitrogen and oxygen atoms in total. The topological polar surface area (TPSA) is 58.6 Å². The van der Waals surface area contributed by atoms with Gasteiger partial charge in [-0.15, -0.1) is 0 Å². The second-order valence-electron chi connectivity index (χ2n) is 5.80. The maximum absolute atomic E-state index is 14.0. The van der Waals surface area contributed by atoms with Gasteiger partial charge in [0.2, 0.25) is 0 Å². The predicted molar refractivity (Wildman–Crippen MR) is 95.7 cm³/mol. The average molecular weight is 354 g/mol. The lowest BCUT2D eigenvalue weighted by atomic mass is 10.1. The smallest absolute Gasteiger partial charge is 0.270 e. The molecule has 134 valence electrons. The molecule has 0 unspecified atom stereocenters. The molecule has 26 heavy (non-hydrogen) atoms. The first-order chi connectivity index (χ1) is 12.6. The summed E-state index contributed by atoms with van der Waals surface area (Å²) in [5.74, 6) is -1.25. The Bertz CT molecular complexity index is 815. The van der Waals surface area contributed by atoms with E-state index in [0.717, 1.165) is 0 Å². The second kappa shape index (κ2) is 8.40. The fraction of sp³-hybridized carbons (Fsp3) is 0.200. The predicted octanol–water partition coefficient (Wildman–Crippen LogP) is 2.46. The van der Waals surface area contributed by atoms with E-state index in [1.807, 2.05) is 0 Å². The van der Waals surface area contributed by atoms with Gasteiger partial charge in [0.25, 0.3) is 11.8 Å². The first-order valence-electron chi connectivity index (χ1n) is 8.35. The summed E-state index contributed by atoms with van der Waals surface area (Å²) < 4.78 is 19.3. The molecule has 0 atom stereocenters. The van der Waals surface area contributed by atoms with Gasteiger partial charge in [-0.1, -0.05) is 36.4 Å². The van der Waals surface area contributed by atoms with Crippen LogP contribution in [0.15, 0.2) is 60.3 Å². The Hall–Kier alpha value is -2.99. The van der Waals surface area contributed by atoms with Gasteiger partial charge >= 0.3 is 0 Å². The minimum Gasteiger partial charge on any atom is -0.378 e. The number of hydrogen-bond donors (Lipinski definition) is 1. The standard InChI is InChI=1S/C20H19FN2O3/c21-17-9-5-4-8-16(17)14-18(20(25)23-10-12-26-13-11-23)22-19(24)15-6-2-1-3-7-15/h1-9,14H,10-13H2,(H,22,24). The van der Waals surface area contributed by atoms with E-state index in [0.29, 0.717) is 31.9 Å². The van der Waals surface area contributed by atoms with Gasteiger partial charge < -0.3 is 15.0 Å². The number of carbonyl (C=O) groups excluding carboxylic acids is 2. The maximum Gasteiger partial charge on any atom is 0.270 e. The molecule has 2 aromatic rings. The molecule has 0 saturated carbocycles. The summed E-state index contributed by atoms with van der Waals surface area (Å²) >= 11 is 0. The fourth-order valence-electron chi connectivity index (χ4n) is 2.62. The summed E-state index contributed by atoms with van der Waals surface area (Å²) in [4.78, 5) is 26.9. The lowest BCUT2D eigenvalue weighted by molar-refractivity contribution is -0.131. The number of nitrogens with one attached hydrogen (secondary N) is 1. The minimum absolute atomic E-state index is 0.0332. The van der Waals surface area contributed by atoms with Crippen LogP contribution in [0.5, 0.6) is 0 Å². The highest BCUT2D eigenvalue weighted by molar-refractivity contribution is 6.05. The molecule has 2 aromatic carbocycles. The van der Waals surface area contributed by atoms with Crippen LogP contribution in [0.3, 0.4) is 0 Å². The van der Waals surface area contributed by atoms with Crippen molar-refractivity contribution in [2.75, 3.05) is 26.3 Å². The Kier molecular flexibility index (Phi) is 5.76. The molecule has 1 heterocycles. The van der Waals surface area contributed by atoms with Crippen molar-refractivity contribution in [3.63, 3.8) is 0 Å². The number of morpholine rings is 1. The molecular formula is C20H19FN2O3. The van der Waals surface area contributed by atoms with Crippen molar-refractivity contribution in [2.45, 2.75) is 0 Å². The maximum atomic E-state index is 14.0. The summed E-state index contributed by atoms with van der Waals surface area (Å²) in [6, 6.07) is 14.7. The zero-order valence-corrected chi connectivity index (χ0v) is 14.2. The monoisotopic (exact) mass is 354 g/mol. The molecule has 1 fully saturated rings. The van der Waals surface area contributed by atoms with E-state index in [-0.39, 0.29) is 17.2 Å². The van der Waals surface area contributed by atoms with Crippen molar-refractivity contribution in [3.8, 4) is 0 Å². The molecule has 6 heteroatoms. The molecule has 1 saturated heterocycles. The number of carbonyl (C=O) groups is 2. The number of ether oxygens (including phenoxy) is 1. The van der Waals surface area contributed by atoms with Gasteiger partial charge in [0, 0.05) is 24.2 Å². The third kappa shape index (κ3) is 4.34. The third-order valence-corrected chi connectivity index (χ3v) is 4.02. The number of hydrogen-bond acceptors (Lipinski definition) is 3. The van der Waals surface area contributed by atoms with Crippen LogP contribution in [0.25, 0.3) is 6.08 Å². The second-order valence-corrected chi connectivity index (χ2v) is 5.80. The lowest BCUT2D eigenvalue weighted by Gasteiger charge is -2.27. The Morgan fingerprint density at radius 2 is 1.65 bits per heavy atom. The highest BCUT2D eigenvalue weighted by Gasteiger charge is 2.23. The van der Waals surface area contributed by atoms with Crippen LogP contribution < -0.4 is 5.32 Å². The molecule has 1 aliphatic heterocycles. The molecule has 2 amide bonds. The number of halogens is 1. The van der Waals surface area contributed by atoms with E-state index < -0.39 is 11.7 Å². The summed E-state index contributed by atoms with van der Waals surface area (Å²) in [7, 11) is 0. The summed E-state index contributed by atoms with van der Waals surface area (Å²) in [5, 5.41) is 2.63. The van der Waals surface area contributed by atoms with Crippen molar-refractivity contribution in [1.29, 1.82) is 0 Å². The highest BCUT2D eigenvalue weighted by Crippen LogP contribution is 2.13. The van der Waals surface area contributed by atoms with Crippen LogP contribution in [-0.2, 0) is 9.53 Å². The van der Waals surface area contributed by atoms with E-state index >= 15 is 0 Å². The third-order valence-electron chi connectivity index (χ3n) is 4.02. The zero-order valence-electron chi connectivity index (χ0n) is 14.2. The molecule has 1 N–H and O–H groups in total. The van der Waals surface area contributed by atoms with Crippen molar-refractivity contribution >= 4 is 17.9 Å². The quantitative estimate of drug-likeness (QED) is 0.858. The van der Waals surface area contributed by atoms with Crippen molar-refractivity contribution < 1.29 is 18.7 Å². The lowest BCUT2D eigenvalue weighted by Crippen LogP contribution is -2.44. The largest absolute Gasteiger partial charge is 0.378 e. The average Bonchev–Trinajstić information content (AvgIpc) is 2.70. The summed E-state index contributed by atoms with van der Waals surface area (Å²) in [5.41, 5.74) is 0.685. The number of rotatable bonds is 4. The van der Waals surface area contributed by atoms with Gasteiger partial charge in [0.05, 0.1) is 13.2 Å². The fourth-order valence-corrected chi connectivity index (χ4v) is 2.62. The van der Waals surface area contributed by atoms with Gasteiger partial charge in [0.15, 0.2) is 0 Å². The van der Waals surface area contributed by atoms with Crippen LogP contribution in [0.4, 0.5) is 4.39 Å². The molecule has 0 spiro atoms. The Labute approximate surface area is 151 Å². The van der Waals surface area contributed by atoms with Gasteiger partial charge in [-0.2, -0.15) is 0 Å². The van der Waals surface area contributed by atoms with Gasteiger partial charge in [-0.3, -0.25) is 9.59 Å². The van der Waals surface area contributed by atoms with Crippen LogP contribution in [0.1, 0.15) is 15.9 Å². The van der Waals surface area contributed by atoms with Crippen molar-refractivity contribution in [2.24, 2.45) is 0 Å². The number of benzene rings is 2. The Balaban J connectivity index is 1.89. The van der Waals surface area contributed by atoms with E-state index in [4.69, 9.17) is 4.74 Å². The molecule has 1 aliphatic rings. The molecule has 0 radical (unpaired) electrons. The van der Waals surface area contributed by atoms with Gasteiger partial charge in [-0.25, -0.2) is 4.39 Å².